The second-order valence-electron chi connectivity index (χ2n) is 6.86. The Bertz CT molecular complexity index is 360. The quantitative estimate of drug-likeness (QED) is 0.248. The van der Waals surface area contributed by atoms with E-state index in [1.54, 1.807) is 0 Å². The Hall–Kier alpha value is 1.51. The summed E-state index contributed by atoms with van der Waals surface area (Å²) in [5.74, 6) is 0. The smallest absolute Gasteiger partial charge is 0.748 e. The summed E-state index contributed by atoms with van der Waals surface area (Å²) in [5, 5.41) is 8.88. The molecule has 0 rings (SSSR count). The fourth-order valence-electron chi connectivity index (χ4n) is 2.85. The first kappa shape index (κ1) is 27.7. The molecular weight excluding hydrogens is 351 g/mol. The van der Waals surface area contributed by atoms with Crippen molar-refractivity contribution in [1.29, 1.82) is 0 Å². The van der Waals surface area contributed by atoms with Crippen molar-refractivity contribution in [2.75, 3.05) is 0 Å². The van der Waals surface area contributed by atoms with Crippen LogP contribution in [0.1, 0.15) is 104 Å². The maximum absolute atomic E-state index is 10.7. The molecule has 0 spiro atoms. The third-order valence-electron chi connectivity index (χ3n) is 4.51. The summed E-state index contributed by atoms with van der Waals surface area (Å²) in [7, 11) is -4.09. The molecular formula is C18H37KO4S. The average molecular weight is 389 g/mol. The molecule has 0 aliphatic rings. The molecule has 0 saturated heterocycles. The van der Waals surface area contributed by atoms with E-state index in [1.807, 2.05) is 0 Å². The third-order valence-corrected chi connectivity index (χ3v) is 5.73. The summed E-state index contributed by atoms with van der Waals surface area (Å²) < 4.78 is 32.2. The molecule has 1 N–H and O–H groups in total. The van der Waals surface area contributed by atoms with Gasteiger partial charge < -0.3 is 9.66 Å². The van der Waals surface area contributed by atoms with Gasteiger partial charge in [0.2, 0.25) is 0 Å². The zero-order valence-corrected chi connectivity index (χ0v) is 20.1. The third kappa shape index (κ3) is 18.3. The maximum atomic E-state index is 10.7. The first-order chi connectivity index (χ1) is 10.9. The number of hydrogen-bond donors (Lipinski definition) is 1. The molecule has 0 aliphatic heterocycles. The number of hydrogen-bond acceptors (Lipinski definition) is 4. The predicted molar refractivity (Wildman–Crippen MR) is 95.5 cm³/mol. The number of unbranched alkanes of at least 4 members (excludes halogenated alkanes) is 9. The summed E-state index contributed by atoms with van der Waals surface area (Å²) in [4.78, 5) is 0. The Morgan fingerprint density at radius 3 is 1.54 bits per heavy atom. The normalized spacial score (nSPS) is 14.2. The zero-order valence-electron chi connectivity index (χ0n) is 16.1. The van der Waals surface area contributed by atoms with Gasteiger partial charge in [-0.1, -0.05) is 77.6 Å². The second kappa shape index (κ2) is 17.9. The SMILES string of the molecule is CCCC(O)CCCCCCCCCCCCC(C)S(=O)(=O)[O-].[K+]. The molecule has 0 amide bonds. The first-order valence-electron chi connectivity index (χ1n) is 9.50. The van der Waals surface area contributed by atoms with Crippen LogP contribution in [0, 0.1) is 0 Å². The number of rotatable bonds is 16. The van der Waals surface area contributed by atoms with E-state index in [1.165, 1.54) is 45.4 Å². The van der Waals surface area contributed by atoms with Crippen molar-refractivity contribution in [2.24, 2.45) is 0 Å². The van der Waals surface area contributed by atoms with E-state index in [2.05, 4.69) is 6.92 Å². The number of aliphatic hydroxyl groups is 1. The van der Waals surface area contributed by atoms with Crippen LogP contribution in [0.4, 0.5) is 0 Å². The molecule has 24 heavy (non-hydrogen) atoms. The van der Waals surface area contributed by atoms with Gasteiger partial charge in [-0.2, -0.15) is 0 Å². The summed E-state index contributed by atoms with van der Waals surface area (Å²) in [6, 6.07) is 0. The van der Waals surface area contributed by atoms with Gasteiger partial charge in [-0.05, 0) is 26.2 Å². The van der Waals surface area contributed by atoms with Gasteiger partial charge in [0.25, 0.3) is 0 Å². The van der Waals surface area contributed by atoms with E-state index in [-0.39, 0.29) is 57.5 Å². The van der Waals surface area contributed by atoms with Gasteiger partial charge in [-0.15, -0.1) is 0 Å². The molecule has 0 aliphatic carbocycles. The number of aliphatic hydroxyl groups excluding tert-OH is 1. The second-order valence-corrected chi connectivity index (χ2v) is 8.65. The summed E-state index contributed by atoms with van der Waals surface area (Å²) in [6.07, 6.45) is 14.9. The summed E-state index contributed by atoms with van der Waals surface area (Å²) in [5.41, 5.74) is 0. The molecule has 2 unspecified atom stereocenters. The van der Waals surface area contributed by atoms with Crippen LogP contribution in [0.2, 0.25) is 0 Å². The zero-order chi connectivity index (χ0) is 17.6. The van der Waals surface area contributed by atoms with Gasteiger partial charge in [0.05, 0.1) is 16.2 Å². The molecule has 2 atom stereocenters. The molecule has 140 valence electrons. The Morgan fingerprint density at radius 2 is 1.17 bits per heavy atom. The molecule has 0 aromatic rings. The van der Waals surface area contributed by atoms with Crippen molar-refractivity contribution in [3.63, 3.8) is 0 Å². The molecule has 4 nitrogen and oxygen atoms in total. The van der Waals surface area contributed by atoms with Gasteiger partial charge in [-0.3, -0.25) is 0 Å². The van der Waals surface area contributed by atoms with Crippen molar-refractivity contribution in [3.8, 4) is 0 Å². The Morgan fingerprint density at radius 1 is 0.792 bits per heavy atom. The minimum atomic E-state index is -4.09. The van der Waals surface area contributed by atoms with Crippen LogP contribution in [0.15, 0.2) is 0 Å². The fraction of sp³-hybridized carbons (Fsp3) is 1.00. The molecule has 6 heteroatoms. The topological polar surface area (TPSA) is 77.4 Å². The average Bonchev–Trinajstić information content (AvgIpc) is 2.47. The first-order valence-corrected chi connectivity index (χ1v) is 11.0. The van der Waals surface area contributed by atoms with Crippen LogP contribution in [0.5, 0.6) is 0 Å². The van der Waals surface area contributed by atoms with E-state index in [0.717, 1.165) is 44.9 Å². The van der Waals surface area contributed by atoms with E-state index >= 15 is 0 Å². The van der Waals surface area contributed by atoms with Crippen LogP contribution < -0.4 is 51.4 Å². The van der Waals surface area contributed by atoms with Crippen LogP contribution in [-0.2, 0) is 10.1 Å². The van der Waals surface area contributed by atoms with Crippen LogP contribution >= 0.6 is 0 Å². The van der Waals surface area contributed by atoms with Gasteiger partial charge in [0, 0.05) is 5.25 Å². The van der Waals surface area contributed by atoms with Crippen molar-refractivity contribution < 1.29 is 69.5 Å². The van der Waals surface area contributed by atoms with Gasteiger partial charge >= 0.3 is 51.4 Å². The molecule has 0 heterocycles. The molecule has 0 aromatic heterocycles. The molecule has 0 radical (unpaired) electrons. The van der Waals surface area contributed by atoms with Crippen molar-refractivity contribution in [2.45, 2.75) is 115 Å². The van der Waals surface area contributed by atoms with E-state index in [9.17, 15) is 18.1 Å². The summed E-state index contributed by atoms with van der Waals surface area (Å²) in [6.45, 7) is 3.61. The standard InChI is InChI=1S/C18H38O4S.K/c1-3-14-18(19)16-13-11-9-7-5-4-6-8-10-12-15-17(2)23(20,21)22;/h17-19H,3-16H2,1-2H3,(H,20,21,22);/q;+1/p-1. The fourth-order valence-corrected chi connectivity index (χ4v) is 3.30. The molecule has 0 aromatic carbocycles. The van der Waals surface area contributed by atoms with E-state index < -0.39 is 15.4 Å². The monoisotopic (exact) mass is 388 g/mol. The van der Waals surface area contributed by atoms with Crippen LogP contribution in [0.25, 0.3) is 0 Å². The largest absolute Gasteiger partial charge is 1.00 e. The van der Waals surface area contributed by atoms with E-state index in [0.29, 0.717) is 6.42 Å². The molecule has 0 bridgehead atoms. The Balaban J connectivity index is 0. The maximum Gasteiger partial charge on any atom is 1.00 e. The predicted octanol–water partition coefficient (Wildman–Crippen LogP) is 1.77. The van der Waals surface area contributed by atoms with Crippen molar-refractivity contribution >= 4 is 10.1 Å². The molecule has 0 fully saturated rings. The van der Waals surface area contributed by atoms with Gasteiger partial charge in [-0.25, -0.2) is 8.42 Å². The minimum absolute atomic E-state index is 0. The molecule has 0 saturated carbocycles. The van der Waals surface area contributed by atoms with Crippen LogP contribution in [0.3, 0.4) is 0 Å². The van der Waals surface area contributed by atoms with E-state index in [4.69, 9.17) is 0 Å². The van der Waals surface area contributed by atoms with Crippen LogP contribution in [-0.4, -0.2) is 29.4 Å². The minimum Gasteiger partial charge on any atom is -0.748 e. The van der Waals surface area contributed by atoms with Gasteiger partial charge in [0.1, 0.15) is 0 Å². The Kier molecular flexibility index (Phi) is 20.7. The van der Waals surface area contributed by atoms with Crippen molar-refractivity contribution in [3.05, 3.63) is 0 Å². The van der Waals surface area contributed by atoms with Crippen molar-refractivity contribution in [1.82, 2.24) is 0 Å². The Labute approximate surface area is 192 Å². The van der Waals surface area contributed by atoms with Gasteiger partial charge in [0.15, 0.2) is 0 Å². The summed E-state index contributed by atoms with van der Waals surface area (Å²) >= 11 is 0.